The Hall–Kier alpha value is -1.20. The fraction of sp³-hybridized carbons (Fsp3) is 0.125. The van der Waals surface area contributed by atoms with Gasteiger partial charge in [0.25, 0.3) is 0 Å². The molecule has 1 aliphatic heterocycles. The van der Waals surface area contributed by atoms with Crippen LogP contribution in [0.3, 0.4) is 0 Å². The third kappa shape index (κ3) is 1.76. The number of benzene rings is 1. The van der Waals surface area contributed by atoms with Crippen molar-refractivity contribution < 1.29 is 5.11 Å². The molecule has 2 rings (SSSR count). The number of amidine groups is 1. The number of hydrogen-bond donors (Lipinski definition) is 3. The van der Waals surface area contributed by atoms with Gasteiger partial charge in [-0.15, -0.1) is 0 Å². The second-order valence-electron chi connectivity index (χ2n) is 2.68. The average Bonchev–Trinajstić information content (AvgIpc) is 2.53. The van der Waals surface area contributed by atoms with E-state index in [0.29, 0.717) is 5.17 Å². The van der Waals surface area contributed by atoms with E-state index in [1.165, 1.54) is 11.9 Å². The number of aromatic hydroxyl groups is 1. The van der Waals surface area contributed by atoms with E-state index in [1.54, 1.807) is 12.1 Å². The number of nitrogens with one attached hydrogen (secondary N) is 1. The molecule has 0 spiro atoms. The third-order valence-corrected chi connectivity index (χ3v) is 2.40. The second kappa shape index (κ2) is 3.27. The first-order valence-electron chi connectivity index (χ1n) is 3.80. The number of hydrogen-bond acceptors (Lipinski definition) is 5. The molecule has 0 amide bonds. The Morgan fingerprint density at radius 3 is 2.62 bits per heavy atom. The topological polar surface area (TPSA) is 70.6 Å². The molecule has 0 aliphatic carbocycles. The molecule has 1 heterocycles. The number of rotatable bonds is 1. The van der Waals surface area contributed by atoms with Gasteiger partial charge in [-0.05, 0) is 29.6 Å². The Kier molecular flexibility index (Phi) is 2.12. The zero-order chi connectivity index (χ0) is 9.26. The van der Waals surface area contributed by atoms with Crippen molar-refractivity contribution in [2.75, 3.05) is 0 Å². The average molecular weight is 195 g/mol. The lowest BCUT2D eigenvalue weighted by molar-refractivity contribution is 0.475. The number of phenolic OH excluding ortho intramolecular Hbond substituents is 1. The summed E-state index contributed by atoms with van der Waals surface area (Å²) in [5.74, 6) is 0.256. The summed E-state index contributed by atoms with van der Waals surface area (Å²) in [6.07, 6.45) is -0.0920. The van der Waals surface area contributed by atoms with E-state index in [-0.39, 0.29) is 11.9 Å². The van der Waals surface area contributed by atoms with Crippen LogP contribution in [0.2, 0.25) is 0 Å². The van der Waals surface area contributed by atoms with Gasteiger partial charge in [-0.25, -0.2) is 9.71 Å². The van der Waals surface area contributed by atoms with E-state index >= 15 is 0 Å². The van der Waals surface area contributed by atoms with Crippen molar-refractivity contribution in [2.45, 2.75) is 6.17 Å². The lowest BCUT2D eigenvalue weighted by atomic mass is 10.2. The lowest BCUT2D eigenvalue weighted by Gasteiger charge is -2.05. The highest BCUT2D eigenvalue weighted by Gasteiger charge is 2.16. The summed E-state index contributed by atoms with van der Waals surface area (Å²) >= 11 is 1.32. The highest BCUT2D eigenvalue weighted by molar-refractivity contribution is 8.12. The second-order valence-corrected chi connectivity index (χ2v) is 3.54. The highest BCUT2D eigenvalue weighted by Crippen LogP contribution is 2.24. The van der Waals surface area contributed by atoms with Crippen molar-refractivity contribution >= 4 is 17.1 Å². The van der Waals surface area contributed by atoms with Crippen LogP contribution in [0.4, 0.5) is 0 Å². The van der Waals surface area contributed by atoms with Crippen LogP contribution < -0.4 is 10.5 Å². The first kappa shape index (κ1) is 8.40. The van der Waals surface area contributed by atoms with E-state index in [0.717, 1.165) is 5.56 Å². The molecule has 0 radical (unpaired) electrons. The minimum absolute atomic E-state index is 0.0920. The first-order chi connectivity index (χ1) is 6.25. The molecule has 0 fully saturated rings. The largest absolute Gasteiger partial charge is 0.508 e. The summed E-state index contributed by atoms with van der Waals surface area (Å²) < 4.78 is 3.05. The summed E-state index contributed by atoms with van der Waals surface area (Å²) in [6, 6.07) is 6.89. The number of phenols is 1. The zero-order valence-electron chi connectivity index (χ0n) is 6.77. The highest BCUT2D eigenvalue weighted by atomic mass is 32.2. The zero-order valence-corrected chi connectivity index (χ0v) is 7.58. The first-order valence-corrected chi connectivity index (χ1v) is 4.62. The number of aliphatic imine (C=N–C) groups is 1. The van der Waals surface area contributed by atoms with Crippen molar-refractivity contribution in [1.82, 2.24) is 4.72 Å². The van der Waals surface area contributed by atoms with Gasteiger partial charge in [0.1, 0.15) is 11.9 Å². The van der Waals surface area contributed by atoms with Gasteiger partial charge in [0.2, 0.25) is 0 Å². The Morgan fingerprint density at radius 2 is 2.08 bits per heavy atom. The molecule has 0 saturated heterocycles. The molecule has 0 aromatic heterocycles. The molecule has 1 aromatic carbocycles. The molecular formula is C8H9N3OS. The summed E-state index contributed by atoms with van der Waals surface area (Å²) in [5, 5.41) is 9.61. The summed E-state index contributed by atoms with van der Waals surface area (Å²) in [5.41, 5.74) is 6.48. The van der Waals surface area contributed by atoms with Gasteiger partial charge in [0.05, 0.1) is 0 Å². The Labute approximate surface area is 80.0 Å². The third-order valence-electron chi connectivity index (χ3n) is 1.74. The maximum atomic E-state index is 9.07. The molecule has 1 aliphatic rings. The minimum atomic E-state index is -0.0920. The van der Waals surface area contributed by atoms with E-state index in [9.17, 15) is 0 Å². The van der Waals surface area contributed by atoms with Crippen LogP contribution in [0.1, 0.15) is 11.7 Å². The summed E-state index contributed by atoms with van der Waals surface area (Å²) in [6.45, 7) is 0. The molecule has 5 heteroatoms. The predicted molar refractivity (Wildman–Crippen MR) is 53.2 cm³/mol. The van der Waals surface area contributed by atoms with Crippen LogP contribution in [0.5, 0.6) is 5.75 Å². The molecule has 1 atom stereocenters. The molecule has 4 nitrogen and oxygen atoms in total. The fourth-order valence-corrected chi connectivity index (χ4v) is 1.67. The monoisotopic (exact) mass is 195 g/mol. The van der Waals surface area contributed by atoms with Crippen LogP contribution in [0.15, 0.2) is 29.3 Å². The molecule has 68 valence electrons. The smallest absolute Gasteiger partial charge is 0.171 e. The normalized spacial score (nSPS) is 21.5. The quantitative estimate of drug-likeness (QED) is 0.584. The van der Waals surface area contributed by atoms with Gasteiger partial charge < -0.3 is 10.8 Å². The number of nitrogens with two attached hydrogens (primary N) is 1. The molecule has 4 N–H and O–H groups in total. The molecule has 1 unspecified atom stereocenters. The van der Waals surface area contributed by atoms with Crippen LogP contribution in [0.25, 0.3) is 0 Å². The van der Waals surface area contributed by atoms with Gasteiger partial charge >= 0.3 is 0 Å². The van der Waals surface area contributed by atoms with Gasteiger partial charge in [-0.3, -0.25) is 0 Å². The van der Waals surface area contributed by atoms with Gasteiger partial charge in [0.15, 0.2) is 5.17 Å². The van der Waals surface area contributed by atoms with Crippen LogP contribution >= 0.6 is 11.9 Å². The fourth-order valence-electron chi connectivity index (χ4n) is 1.10. The Bertz CT molecular complexity index is 336. The minimum Gasteiger partial charge on any atom is -0.508 e. The maximum absolute atomic E-state index is 9.07. The lowest BCUT2D eigenvalue weighted by Crippen LogP contribution is -2.06. The van der Waals surface area contributed by atoms with Crippen LogP contribution in [0, 0.1) is 0 Å². The summed E-state index contributed by atoms with van der Waals surface area (Å²) in [7, 11) is 0. The predicted octanol–water partition coefficient (Wildman–Crippen LogP) is 0.957. The van der Waals surface area contributed by atoms with Gasteiger partial charge in [0, 0.05) is 0 Å². The van der Waals surface area contributed by atoms with E-state index in [4.69, 9.17) is 10.8 Å². The SMILES string of the molecule is NC1=NC(c2ccc(O)cc2)NS1. The standard InChI is InChI=1S/C8H9N3OS/c9-8-10-7(11-13-8)5-1-3-6(12)4-2-5/h1-4,7,11-12H,(H2,9,10). The molecule has 0 bridgehead atoms. The van der Waals surface area contributed by atoms with Crippen molar-refractivity contribution in [1.29, 1.82) is 0 Å². The number of nitrogens with zero attached hydrogens (tertiary/aromatic N) is 1. The Morgan fingerprint density at radius 1 is 1.38 bits per heavy atom. The van der Waals surface area contributed by atoms with E-state index in [1.807, 2.05) is 12.1 Å². The van der Waals surface area contributed by atoms with E-state index < -0.39 is 0 Å². The molecule has 0 saturated carbocycles. The van der Waals surface area contributed by atoms with Gasteiger partial charge in [-0.2, -0.15) is 0 Å². The maximum Gasteiger partial charge on any atom is 0.171 e. The molecular weight excluding hydrogens is 186 g/mol. The van der Waals surface area contributed by atoms with E-state index in [2.05, 4.69) is 9.71 Å². The molecule has 13 heavy (non-hydrogen) atoms. The van der Waals surface area contributed by atoms with Crippen molar-refractivity contribution in [3.63, 3.8) is 0 Å². The summed E-state index contributed by atoms with van der Waals surface area (Å²) in [4.78, 5) is 4.15. The van der Waals surface area contributed by atoms with Crippen LogP contribution in [-0.4, -0.2) is 10.3 Å². The van der Waals surface area contributed by atoms with Crippen molar-refractivity contribution in [2.24, 2.45) is 10.7 Å². The van der Waals surface area contributed by atoms with Crippen LogP contribution in [-0.2, 0) is 0 Å². The van der Waals surface area contributed by atoms with Crippen molar-refractivity contribution in [3.8, 4) is 5.75 Å². The van der Waals surface area contributed by atoms with Gasteiger partial charge in [-0.1, -0.05) is 12.1 Å². The van der Waals surface area contributed by atoms with Crippen molar-refractivity contribution in [3.05, 3.63) is 29.8 Å². The molecule has 1 aromatic rings. The Balaban J connectivity index is 2.22.